The first-order valence-corrected chi connectivity index (χ1v) is 10.7. The van der Waals surface area contributed by atoms with E-state index >= 15 is 0 Å². The van der Waals surface area contributed by atoms with E-state index in [0.29, 0.717) is 10.1 Å². The predicted molar refractivity (Wildman–Crippen MR) is 117 cm³/mol. The lowest BCUT2D eigenvalue weighted by Crippen LogP contribution is -2.29. The molecule has 4 nitrogen and oxygen atoms in total. The van der Waals surface area contributed by atoms with Crippen molar-refractivity contribution in [1.82, 2.24) is 5.32 Å². The van der Waals surface area contributed by atoms with Gasteiger partial charge in [-0.05, 0) is 79.1 Å². The topological polar surface area (TPSA) is 44.7 Å². The number of nitrogens with zero attached hydrogens (tertiary/aromatic N) is 2. The molecular weight excluding hydrogens is 422 g/mol. The fourth-order valence-corrected chi connectivity index (χ4v) is 4.30. The van der Waals surface area contributed by atoms with Crippen LogP contribution in [0.25, 0.3) is 6.08 Å². The predicted octanol–water partition coefficient (Wildman–Crippen LogP) is 5.33. The molecule has 0 atom stereocenters. The van der Waals surface area contributed by atoms with Gasteiger partial charge in [0, 0.05) is 23.2 Å². The van der Waals surface area contributed by atoms with Gasteiger partial charge in [0.1, 0.15) is 0 Å². The second kappa shape index (κ2) is 8.31. The molecular formula is C21H20BrN3OS. The third-order valence-electron chi connectivity index (χ3n) is 4.62. The van der Waals surface area contributed by atoms with E-state index in [1.165, 1.54) is 36.7 Å². The minimum absolute atomic E-state index is 0.101. The molecule has 0 radical (unpaired) electrons. The molecule has 6 heteroatoms. The Kier molecular flexibility index (Phi) is 5.64. The van der Waals surface area contributed by atoms with Gasteiger partial charge >= 0.3 is 0 Å². The number of rotatable bonds is 3. The molecule has 2 aliphatic rings. The van der Waals surface area contributed by atoms with Gasteiger partial charge in [-0.1, -0.05) is 28.1 Å². The normalized spacial score (nSPS) is 20.3. The van der Waals surface area contributed by atoms with E-state index in [1.54, 1.807) is 0 Å². The van der Waals surface area contributed by atoms with Gasteiger partial charge in [-0.15, -0.1) is 0 Å². The minimum atomic E-state index is -0.101. The Balaban J connectivity index is 1.47. The molecule has 0 bridgehead atoms. The third-order valence-corrected chi connectivity index (χ3v) is 6.06. The molecule has 138 valence electrons. The lowest BCUT2D eigenvalue weighted by molar-refractivity contribution is -0.115. The van der Waals surface area contributed by atoms with Crippen molar-refractivity contribution in [3.05, 3.63) is 63.5 Å². The number of anilines is 1. The first-order chi connectivity index (χ1) is 13.2. The van der Waals surface area contributed by atoms with Crippen LogP contribution in [0, 0.1) is 0 Å². The summed E-state index contributed by atoms with van der Waals surface area (Å²) in [6.07, 6.45) is 5.79. The van der Waals surface area contributed by atoms with E-state index in [9.17, 15) is 4.79 Å². The third kappa shape index (κ3) is 4.62. The summed E-state index contributed by atoms with van der Waals surface area (Å²) in [6.45, 7) is 2.27. The number of amidine groups is 1. The fraction of sp³-hybridized carbons (Fsp3) is 0.238. The van der Waals surface area contributed by atoms with Crippen molar-refractivity contribution < 1.29 is 4.79 Å². The molecule has 2 aliphatic heterocycles. The molecule has 4 rings (SSSR count). The van der Waals surface area contributed by atoms with Crippen molar-refractivity contribution in [1.29, 1.82) is 0 Å². The van der Waals surface area contributed by atoms with Crippen molar-refractivity contribution in [2.75, 3.05) is 18.0 Å². The monoisotopic (exact) mass is 441 g/mol. The standard InChI is InChI=1S/C21H20BrN3OS/c22-16-6-8-17(9-7-16)23-21-24-20(26)19(27-21)14-15-4-10-18(11-5-15)25-12-2-1-3-13-25/h4-11,14H,1-3,12-13H2,(H,23,24,26)/b19-14-. The average molecular weight is 442 g/mol. The van der Waals surface area contributed by atoms with Crippen molar-refractivity contribution in [2.45, 2.75) is 19.3 Å². The highest BCUT2D eigenvalue weighted by Crippen LogP contribution is 2.29. The molecule has 2 fully saturated rings. The van der Waals surface area contributed by atoms with Crippen LogP contribution in [0.1, 0.15) is 24.8 Å². The van der Waals surface area contributed by atoms with Gasteiger partial charge in [0.2, 0.25) is 0 Å². The first-order valence-electron chi connectivity index (χ1n) is 9.07. The average Bonchev–Trinajstić information content (AvgIpc) is 3.04. The van der Waals surface area contributed by atoms with Gasteiger partial charge in [-0.2, -0.15) is 0 Å². The van der Waals surface area contributed by atoms with Gasteiger partial charge in [0.25, 0.3) is 5.91 Å². The van der Waals surface area contributed by atoms with Gasteiger partial charge in [-0.3, -0.25) is 4.79 Å². The van der Waals surface area contributed by atoms with Crippen molar-refractivity contribution in [3.63, 3.8) is 0 Å². The first kappa shape index (κ1) is 18.3. The number of aliphatic imine (C=N–C) groups is 1. The van der Waals surface area contributed by atoms with Crippen LogP contribution >= 0.6 is 27.7 Å². The second-order valence-corrected chi connectivity index (χ2v) is 8.54. The summed E-state index contributed by atoms with van der Waals surface area (Å²) in [5.74, 6) is -0.101. The number of amides is 1. The van der Waals surface area contributed by atoms with E-state index in [4.69, 9.17) is 0 Å². The summed E-state index contributed by atoms with van der Waals surface area (Å²) >= 11 is 4.78. The Morgan fingerprint density at radius 2 is 1.70 bits per heavy atom. The molecule has 0 aromatic heterocycles. The minimum Gasteiger partial charge on any atom is -0.372 e. The molecule has 1 amide bonds. The molecule has 0 unspecified atom stereocenters. The smallest absolute Gasteiger partial charge is 0.264 e. The number of carbonyl (C=O) groups is 1. The van der Waals surface area contributed by atoms with Gasteiger partial charge < -0.3 is 10.2 Å². The SMILES string of the molecule is O=C1NC(=Nc2ccc(Br)cc2)S/C1=C\c1ccc(N2CCCCC2)cc1. The summed E-state index contributed by atoms with van der Waals surface area (Å²) in [6, 6.07) is 16.1. The number of carbonyl (C=O) groups excluding carboxylic acids is 1. The maximum atomic E-state index is 12.3. The number of nitrogens with one attached hydrogen (secondary N) is 1. The Labute approximate surface area is 171 Å². The van der Waals surface area contributed by atoms with E-state index in [0.717, 1.165) is 28.8 Å². The molecule has 2 saturated heterocycles. The van der Waals surface area contributed by atoms with Crippen molar-refractivity contribution in [2.24, 2.45) is 4.99 Å². The summed E-state index contributed by atoms with van der Waals surface area (Å²) in [4.78, 5) is 19.8. The van der Waals surface area contributed by atoms with Gasteiger partial charge in [0.15, 0.2) is 5.17 Å². The number of thioether (sulfide) groups is 1. The Morgan fingerprint density at radius 3 is 2.41 bits per heavy atom. The molecule has 2 heterocycles. The Bertz CT molecular complexity index is 885. The molecule has 0 spiro atoms. The number of halogens is 1. The van der Waals surface area contributed by atoms with Crippen LogP contribution < -0.4 is 10.2 Å². The van der Waals surface area contributed by atoms with E-state index in [-0.39, 0.29) is 5.91 Å². The van der Waals surface area contributed by atoms with Gasteiger partial charge in [-0.25, -0.2) is 4.99 Å². The zero-order valence-corrected chi connectivity index (χ0v) is 17.2. The largest absolute Gasteiger partial charge is 0.372 e. The van der Waals surface area contributed by atoms with Crippen LogP contribution in [0.5, 0.6) is 0 Å². The number of benzene rings is 2. The van der Waals surface area contributed by atoms with Crippen LogP contribution in [0.2, 0.25) is 0 Å². The van der Waals surface area contributed by atoms with E-state index in [1.807, 2.05) is 30.3 Å². The fourth-order valence-electron chi connectivity index (χ4n) is 3.20. The van der Waals surface area contributed by atoms with E-state index in [2.05, 4.69) is 55.4 Å². The van der Waals surface area contributed by atoms with Crippen LogP contribution in [-0.2, 0) is 4.79 Å². The number of hydrogen-bond donors (Lipinski definition) is 1. The van der Waals surface area contributed by atoms with Crippen molar-refractivity contribution in [3.8, 4) is 0 Å². The molecule has 1 N–H and O–H groups in total. The van der Waals surface area contributed by atoms with Crippen molar-refractivity contribution >= 4 is 56.2 Å². The maximum absolute atomic E-state index is 12.3. The zero-order chi connectivity index (χ0) is 18.6. The summed E-state index contributed by atoms with van der Waals surface area (Å²) in [5, 5.41) is 3.45. The molecule has 2 aromatic rings. The summed E-state index contributed by atoms with van der Waals surface area (Å²) in [5.41, 5.74) is 3.10. The number of hydrogen-bond acceptors (Lipinski definition) is 4. The molecule has 0 aliphatic carbocycles. The lowest BCUT2D eigenvalue weighted by atomic mass is 10.1. The number of piperidine rings is 1. The molecule has 27 heavy (non-hydrogen) atoms. The van der Waals surface area contributed by atoms with Crippen LogP contribution in [0.3, 0.4) is 0 Å². The highest BCUT2D eigenvalue weighted by molar-refractivity contribution is 9.10. The van der Waals surface area contributed by atoms with Gasteiger partial charge in [0.05, 0.1) is 10.6 Å². The van der Waals surface area contributed by atoms with Crippen LogP contribution in [-0.4, -0.2) is 24.2 Å². The summed E-state index contributed by atoms with van der Waals surface area (Å²) < 4.78 is 1.00. The Morgan fingerprint density at radius 1 is 1.00 bits per heavy atom. The summed E-state index contributed by atoms with van der Waals surface area (Å²) in [7, 11) is 0. The molecule has 2 aromatic carbocycles. The highest BCUT2D eigenvalue weighted by atomic mass is 79.9. The van der Waals surface area contributed by atoms with Crippen LogP contribution in [0.15, 0.2) is 62.9 Å². The second-order valence-electron chi connectivity index (χ2n) is 6.60. The zero-order valence-electron chi connectivity index (χ0n) is 14.8. The van der Waals surface area contributed by atoms with E-state index < -0.39 is 0 Å². The molecule has 0 saturated carbocycles. The highest BCUT2D eigenvalue weighted by Gasteiger charge is 2.23. The van der Waals surface area contributed by atoms with Crippen LogP contribution in [0.4, 0.5) is 11.4 Å². The lowest BCUT2D eigenvalue weighted by Gasteiger charge is -2.28. The maximum Gasteiger partial charge on any atom is 0.264 e. The quantitative estimate of drug-likeness (QED) is 0.654. The Hall–Kier alpha value is -2.05.